The minimum absolute atomic E-state index is 0.160. The fraction of sp³-hybridized carbons (Fsp3) is 0.429. The molecule has 3 aromatic rings. The van der Waals surface area contributed by atoms with Gasteiger partial charge in [-0.15, -0.1) is 0 Å². The van der Waals surface area contributed by atoms with Crippen LogP contribution in [-0.4, -0.2) is 39.4 Å². The maximum atomic E-state index is 9.38. The standard InChI is InChI=1S/C21H28N4O2/c1-4-7-17(11-13-26)24-21-20-18(22-15(2)23-21)10-12-25(20)14-16-8-5-6-9-19(16)27-3/h5-6,8-10,12,17,26H,4,7,11,13-14H2,1-3H3,(H,22,23,24). The van der Waals surface area contributed by atoms with Crippen molar-refractivity contribution in [1.29, 1.82) is 0 Å². The summed E-state index contributed by atoms with van der Waals surface area (Å²) in [7, 11) is 1.69. The Morgan fingerprint density at radius 1 is 1.19 bits per heavy atom. The van der Waals surface area contributed by atoms with Crippen molar-refractivity contribution in [3.05, 3.63) is 47.9 Å². The molecular formula is C21H28N4O2. The van der Waals surface area contributed by atoms with E-state index >= 15 is 0 Å². The Morgan fingerprint density at radius 2 is 2.00 bits per heavy atom. The number of ether oxygens (including phenoxy) is 1. The number of rotatable bonds is 9. The molecule has 0 aliphatic rings. The van der Waals surface area contributed by atoms with Crippen LogP contribution in [0.3, 0.4) is 0 Å². The van der Waals surface area contributed by atoms with Gasteiger partial charge < -0.3 is 19.7 Å². The van der Waals surface area contributed by atoms with E-state index in [2.05, 4.69) is 32.8 Å². The summed E-state index contributed by atoms with van der Waals surface area (Å²) in [5, 5.41) is 12.9. The van der Waals surface area contributed by atoms with Gasteiger partial charge in [0.05, 0.1) is 19.2 Å². The normalized spacial score (nSPS) is 12.3. The molecule has 6 heteroatoms. The molecule has 0 aliphatic heterocycles. The summed E-state index contributed by atoms with van der Waals surface area (Å²) in [6.45, 7) is 4.89. The SMILES string of the molecule is CCCC(CCO)Nc1nc(C)nc2ccn(Cc3ccccc3OC)c12. The number of anilines is 1. The number of para-hydroxylation sites is 1. The molecule has 1 aromatic carbocycles. The molecule has 6 nitrogen and oxygen atoms in total. The molecule has 0 aliphatic carbocycles. The molecule has 1 unspecified atom stereocenters. The van der Waals surface area contributed by atoms with E-state index in [0.29, 0.717) is 13.0 Å². The molecule has 3 rings (SSSR count). The third kappa shape index (κ3) is 4.39. The molecule has 144 valence electrons. The van der Waals surface area contributed by atoms with Crippen LogP contribution in [0.15, 0.2) is 36.5 Å². The molecule has 2 heterocycles. The van der Waals surface area contributed by atoms with E-state index in [1.54, 1.807) is 7.11 Å². The van der Waals surface area contributed by atoms with E-state index in [-0.39, 0.29) is 12.6 Å². The fourth-order valence-electron chi connectivity index (χ4n) is 3.46. The predicted octanol–water partition coefficient (Wildman–Crippen LogP) is 3.76. The molecule has 1 atom stereocenters. The molecule has 0 bridgehead atoms. The zero-order valence-corrected chi connectivity index (χ0v) is 16.3. The number of aliphatic hydroxyl groups excluding tert-OH is 1. The van der Waals surface area contributed by atoms with Crippen molar-refractivity contribution in [2.45, 2.75) is 45.7 Å². The van der Waals surface area contributed by atoms with Crippen LogP contribution in [-0.2, 0) is 6.54 Å². The second kappa shape index (κ2) is 8.86. The van der Waals surface area contributed by atoms with Crippen LogP contribution in [0.4, 0.5) is 5.82 Å². The number of methoxy groups -OCH3 is 1. The van der Waals surface area contributed by atoms with Gasteiger partial charge in [-0.1, -0.05) is 31.5 Å². The Hall–Kier alpha value is -2.60. The van der Waals surface area contributed by atoms with Crippen molar-refractivity contribution < 1.29 is 9.84 Å². The predicted molar refractivity (Wildman–Crippen MR) is 108 cm³/mol. The first-order chi connectivity index (χ1) is 13.2. The van der Waals surface area contributed by atoms with Crippen LogP contribution in [0.2, 0.25) is 0 Å². The lowest BCUT2D eigenvalue weighted by Gasteiger charge is -2.19. The van der Waals surface area contributed by atoms with Gasteiger partial charge in [-0.25, -0.2) is 9.97 Å². The Balaban J connectivity index is 2.00. The highest BCUT2D eigenvalue weighted by Gasteiger charge is 2.16. The highest BCUT2D eigenvalue weighted by atomic mass is 16.5. The van der Waals surface area contributed by atoms with Crippen LogP contribution in [0.5, 0.6) is 5.75 Å². The smallest absolute Gasteiger partial charge is 0.154 e. The molecule has 2 aromatic heterocycles. The summed E-state index contributed by atoms with van der Waals surface area (Å²) in [5.74, 6) is 2.43. The first-order valence-corrected chi connectivity index (χ1v) is 9.49. The Morgan fingerprint density at radius 3 is 2.74 bits per heavy atom. The summed E-state index contributed by atoms with van der Waals surface area (Å²) < 4.78 is 7.65. The Bertz CT molecular complexity index is 885. The van der Waals surface area contributed by atoms with Gasteiger partial charge in [0, 0.05) is 24.4 Å². The van der Waals surface area contributed by atoms with E-state index < -0.39 is 0 Å². The van der Waals surface area contributed by atoms with Gasteiger partial charge in [0.1, 0.15) is 17.1 Å². The second-order valence-corrected chi connectivity index (χ2v) is 6.75. The van der Waals surface area contributed by atoms with E-state index in [1.165, 1.54) is 0 Å². The number of aromatic nitrogens is 3. The quantitative estimate of drug-likeness (QED) is 0.602. The molecular weight excluding hydrogens is 340 g/mol. The van der Waals surface area contributed by atoms with Crippen molar-refractivity contribution >= 4 is 16.9 Å². The van der Waals surface area contributed by atoms with Crippen LogP contribution in [0, 0.1) is 6.92 Å². The lowest BCUT2D eigenvalue weighted by Crippen LogP contribution is -2.22. The summed E-state index contributed by atoms with van der Waals surface area (Å²) >= 11 is 0. The van der Waals surface area contributed by atoms with Gasteiger partial charge in [-0.05, 0) is 31.9 Å². The van der Waals surface area contributed by atoms with E-state index in [1.807, 2.05) is 37.4 Å². The summed E-state index contributed by atoms with van der Waals surface area (Å²) in [6, 6.07) is 10.2. The molecule has 0 spiro atoms. The van der Waals surface area contributed by atoms with Gasteiger partial charge >= 0.3 is 0 Å². The van der Waals surface area contributed by atoms with Gasteiger partial charge in [-0.3, -0.25) is 0 Å². The van der Waals surface area contributed by atoms with Crippen molar-refractivity contribution in [1.82, 2.24) is 14.5 Å². The zero-order valence-electron chi connectivity index (χ0n) is 16.3. The zero-order chi connectivity index (χ0) is 19.2. The molecule has 2 N–H and O–H groups in total. The maximum Gasteiger partial charge on any atom is 0.154 e. The topological polar surface area (TPSA) is 72.2 Å². The Kier molecular flexibility index (Phi) is 6.29. The van der Waals surface area contributed by atoms with Crippen molar-refractivity contribution in [2.75, 3.05) is 19.0 Å². The molecule has 0 radical (unpaired) electrons. The van der Waals surface area contributed by atoms with Gasteiger partial charge in [0.15, 0.2) is 5.82 Å². The first kappa shape index (κ1) is 19.2. The van der Waals surface area contributed by atoms with E-state index in [9.17, 15) is 5.11 Å². The Labute approximate surface area is 160 Å². The maximum absolute atomic E-state index is 9.38. The molecule has 0 amide bonds. The minimum Gasteiger partial charge on any atom is -0.496 e. The van der Waals surface area contributed by atoms with Gasteiger partial charge in [0.2, 0.25) is 0 Å². The lowest BCUT2D eigenvalue weighted by molar-refractivity contribution is 0.276. The number of nitrogens with zero attached hydrogens (tertiary/aromatic N) is 3. The van der Waals surface area contributed by atoms with Crippen molar-refractivity contribution in [3.63, 3.8) is 0 Å². The third-order valence-corrected chi connectivity index (χ3v) is 4.71. The largest absolute Gasteiger partial charge is 0.496 e. The van der Waals surface area contributed by atoms with Gasteiger partial charge in [-0.2, -0.15) is 0 Å². The van der Waals surface area contributed by atoms with Crippen LogP contribution in [0.25, 0.3) is 11.0 Å². The lowest BCUT2D eigenvalue weighted by atomic mass is 10.1. The van der Waals surface area contributed by atoms with Crippen LogP contribution < -0.4 is 10.1 Å². The average molecular weight is 368 g/mol. The molecule has 0 saturated heterocycles. The number of hydrogen-bond donors (Lipinski definition) is 2. The first-order valence-electron chi connectivity index (χ1n) is 9.49. The van der Waals surface area contributed by atoms with E-state index in [4.69, 9.17) is 4.74 Å². The third-order valence-electron chi connectivity index (χ3n) is 4.71. The minimum atomic E-state index is 0.160. The summed E-state index contributed by atoms with van der Waals surface area (Å²) in [4.78, 5) is 9.25. The van der Waals surface area contributed by atoms with Crippen molar-refractivity contribution in [3.8, 4) is 5.75 Å². The van der Waals surface area contributed by atoms with Gasteiger partial charge in [0.25, 0.3) is 0 Å². The second-order valence-electron chi connectivity index (χ2n) is 6.75. The monoisotopic (exact) mass is 368 g/mol. The van der Waals surface area contributed by atoms with Crippen LogP contribution >= 0.6 is 0 Å². The van der Waals surface area contributed by atoms with Crippen molar-refractivity contribution in [2.24, 2.45) is 0 Å². The van der Waals surface area contributed by atoms with E-state index in [0.717, 1.165) is 46.8 Å². The highest BCUT2D eigenvalue weighted by Crippen LogP contribution is 2.26. The average Bonchev–Trinajstić information content (AvgIpc) is 3.05. The highest BCUT2D eigenvalue weighted by molar-refractivity contribution is 5.86. The molecule has 0 fully saturated rings. The fourth-order valence-corrected chi connectivity index (χ4v) is 3.46. The number of hydrogen-bond acceptors (Lipinski definition) is 5. The molecule has 27 heavy (non-hydrogen) atoms. The number of aryl methyl sites for hydroxylation is 1. The van der Waals surface area contributed by atoms with Crippen LogP contribution in [0.1, 0.15) is 37.6 Å². The number of benzene rings is 1. The molecule has 0 saturated carbocycles. The number of fused-ring (bicyclic) bond motifs is 1. The number of nitrogens with one attached hydrogen (secondary N) is 1. The summed E-state index contributed by atoms with van der Waals surface area (Å²) in [6.07, 6.45) is 4.77. The number of aliphatic hydroxyl groups is 1. The summed E-state index contributed by atoms with van der Waals surface area (Å²) in [5.41, 5.74) is 2.99.